The van der Waals surface area contributed by atoms with Crippen LogP contribution >= 0.6 is 0 Å². The molecule has 1 aromatic carbocycles. The van der Waals surface area contributed by atoms with Crippen molar-refractivity contribution in [2.24, 2.45) is 23.2 Å². The van der Waals surface area contributed by atoms with E-state index in [2.05, 4.69) is 20.4 Å². The molecular formula is C24H27FN4O3. The van der Waals surface area contributed by atoms with Gasteiger partial charge < -0.3 is 19.9 Å². The molecule has 168 valence electrons. The van der Waals surface area contributed by atoms with Crippen molar-refractivity contribution in [3.63, 3.8) is 0 Å². The van der Waals surface area contributed by atoms with E-state index >= 15 is 0 Å². The third-order valence-electron chi connectivity index (χ3n) is 7.93. The Kier molecular flexibility index (Phi) is 4.52. The number of benzene rings is 1. The van der Waals surface area contributed by atoms with Crippen molar-refractivity contribution in [2.75, 3.05) is 0 Å². The monoisotopic (exact) mass is 438 g/mol. The number of fused-ring (bicyclic) bond motifs is 1. The third kappa shape index (κ3) is 3.55. The van der Waals surface area contributed by atoms with E-state index in [1.165, 1.54) is 50.7 Å². The molecule has 4 aliphatic carbocycles. The number of amides is 1. The van der Waals surface area contributed by atoms with E-state index in [9.17, 15) is 14.3 Å². The van der Waals surface area contributed by atoms with Gasteiger partial charge in [-0.2, -0.15) is 4.98 Å². The molecule has 3 N–H and O–H groups in total. The molecule has 4 fully saturated rings. The molecule has 8 heteroatoms. The highest BCUT2D eigenvalue weighted by atomic mass is 19.1. The van der Waals surface area contributed by atoms with Crippen molar-refractivity contribution in [1.29, 1.82) is 0 Å². The van der Waals surface area contributed by atoms with Crippen LogP contribution in [-0.2, 0) is 12.8 Å². The summed E-state index contributed by atoms with van der Waals surface area (Å²) in [4.78, 5) is 19.2. The van der Waals surface area contributed by atoms with Crippen molar-refractivity contribution in [1.82, 2.24) is 20.4 Å². The largest absolute Gasteiger partial charge is 0.465 e. The van der Waals surface area contributed by atoms with Crippen molar-refractivity contribution in [3.05, 3.63) is 47.5 Å². The summed E-state index contributed by atoms with van der Waals surface area (Å²) in [6, 6.07) is 3.81. The number of nitrogens with one attached hydrogen (secondary N) is 2. The normalized spacial score (nSPS) is 29.5. The molecular weight excluding hydrogens is 411 g/mol. The first kappa shape index (κ1) is 19.8. The molecule has 0 radical (unpaired) electrons. The highest BCUT2D eigenvalue weighted by molar-refractivity contribution is 5.83. The van der Waals surface area contributed by atoms with Gasteiger partial charge in [0.15, 0.2) is 5.82 Å². The van der Waals surface area contributed by atoms with E-state index in [1.54, 1.807) is 12.3 Å². The summed E-state index contributed by atoms with van der Waals surface area (Å²) in [7, 11) is 0. The summed E-state index contributed by atoms with van der Waals surface area (Å²) >= 11 is 0. The third-order valence-corrected chi connectivity index (χ3v) is 7.93. The smallest absolute Gasteiger partial charge is 0.405 e. The fourth-order valence-corrected chi connectivity index (χ4v) is 7.21. The van der Waals surface area contributed by atoms with Gasteiger partial charge in [0.1, 0.15) is 11.9 Å². The highest BCUT2D eigenvalue weighted by Gasteiger charge is 2.51. The topological polar surface area (TPSA) is 104 Å². The van der Waals surface area contributed by atoms with E-state index < -0.39 is 12.1 Å². The van der Waals surface area contributed by atoms with Gasteiger partial charge in [0.05, 0.1) is 0 Å². The van der Waals surface area contributed by atoms with Gasteiger partial charge in [-0.15, -0.1) is 0 Å². The van der Waals surface area contributed by atoms with Crippen LogP contribution in [0.4, 0.5) is 9.18 Å². The second-order valence-corrected chi connectivity index (χ2v) is 10.4. The van der Waals surface area contributed by atoms with Crippen LogP contribution in [0.3, 0.4) is 0 Å². The van der Waals surface area contributed by atoms with Gasteiger partial charge in [-0.3, -0.25) is 0 Å². The fourth-order valence-electron chi connectivity index (χ4n) is 7.21. The van der Waals surface area contributed by atoms with Gasteiger partial charge >= 0.3 is 6.09 Å². The second kappa shape index (κ2) is 7.32. The average molecular weight is 439 g/mol. The van der Waals surface area contributed by atoms with Crippen LogP contribution in [0.25, 0.3) is 10.9 Å². The SMILES string of the molecule is O=C(O)NC(Cc1c[nH]c2ccc(F)cc12)c1nc(CC23CC4CC(CC(C4)C2)C3)no1. The lowest BCUT2D eigenvalue weighted by Crippen LogP contribution is -2.47. The summed E-state index contributed by atoms with van der Waals surface area (Å²) in [5.41, 5.74) is 1.86. The summed E-state index contributed by atoms with van der Waals surface area (Å²) in [6.07, 6.45) is 9.59. The molecule has 1 amide bonds. The quantitative estimate of drug-likeness (QED) is 0.502. The molecule has 0 spiro atoms. The molecule has 32 heavy (non-hydrogen) atoms. The van der Waals surface area contributed by atoms with Crippen LogP contribution in [0.2, 0.25) is 0 Å². The summed E-state index contributed by atoms with van der Waals surface area (Å²) < 4.78 is 19.3. The number of H-pyrrole nitrogens is 1. The van der Waals surface area contributed by atoms with Gasteiger partial charge in [-0.1, -0.05) is 5.16 Å². The van der Waals surface area contributed by atoms with Crippen LogP contribution < -0.4 is 5.32 Å². The van der Waals surface area contributed by atoms with Crippen molar-refractivity contribution in [2.45, 2.75) is 57.4 Å². The van der Waals surface area contributed by atoms with E-state index in [1.807, 2.05) is 0 Å². The predicted octanol–water partition coefficient (Wildman–Crippen LogP) is 5.00. The Morgan fingerprint density at radius 1 is 1.25 bits per heavy atom. The molecule has 1 unspecified atom stereocenters. The van der Waals surface area contributed by atoms with Crippen LogP contribution in [0, 0.1) is 29.0 Å². The first-order valence-corrected chi connectivity index (χ1v) is 11.5. The van der Waals surface area contributed by atoms with Crippen LogP contribution in [0.15, 0.2) is 28.9 Å². The molecule has 4 bridgehead atoms. The van der Waals surface area contributed by atoms with Gasteiger partial charge in [-0.05, 0) is 85.5 Å². The van der Waals surface area contributed by atoms with Crippen molar-refractivity contribution < 1.29 is 18.8 Å². The Labute approximate surface area is 184 Å². The zero-order valence-electron chi connectivity index (χ0n) is 17.8. The number of aromatic amines is 1. The minimum Gasteiger partial charge on any atom is -0.465 e. The Morgan fingerprint density at radius 2 is 1.97 bits per heavy atom. The molecule has 1 atom stereocenters. The van der Waals surface area contributed by atoms with Gasteiger partial charge in [0.25, 0.3) is 0 Å². The first-order valence-electron chi connectivity index (χ1n) is 11.5. The number of carbonyl (C=O) groups is 1. The number of hydrogen-bond donors (Lipinski definition) is 3. The zero-order valence-corrected chi connectivity index (χ0v) is 17.8. The van der Waals surface area contributed by atoms with E-state index in [0.717, 1.165) is 40.6 Å². The second-order valence-electron chi connectivity index (χ2n) is 10.4. The van der Waals surface area contributed by atoms with E-state index in [4.69, 9.17) is 4.52 Å². The van der Waals surface area contributed by atoms with E-state index in [0.29, 0.717) is 5.82 Å². The number of hydrogen-bond acceptors (Lipinski definition) is 4. The van der Waals surface area contributed by atoms with Gasteiger partial charge in [0.2, 0.25) is 5.89 Å². The molecule has 4 aliphatic rings. The van der Waals surface area contributed by atoms with Gasteiger partial charge in [-0.25, -0.2) is 9.18 Å². The zero-order chi connectivity index (χ0) is 21.9. The first-order chi connectivity index (χ1) is 15.4. The molecule has 2 aromatic heterocycles. The standard InChI is InChI=1S/C24H27FN4O3/c25-17-1-2-19-18(7-17)16(12-26-19)6-20(27-23(30)31)22-28-21(29-32-22)11-24-8-13-3-14(9-24)5-15(4-13)10-24/h1-2,7,12-15,20,26-27H,3-6,8-11H2,(H,30,31). The number of rotatable bonds is 6. The summed E-state index contributed by atoms with van der Waals surface area (Å²) in [6.45, 7) is 0. The minimum absolute atomic E-state index is 0.262. The lowest BCUT2D eigenvalue weighted by molar-refractivity contribution is -0.0533. The van der Waals surface area contributed by atoms with Crippen molar-refractivity contribution >= 4 is 17.0 Å². The minimum atomic E-state index is -1.16. The molecule has 0 saturated heterocycles. The predicted molar refractivity (Wildman–Crippen MR) is 114 cm³/mol. The van der Waals surface area contributed by atoms with Crippen molar-refractivity contribution in [3.8, 4) is 0 Å². The summed E-state index contributed by atoms with van der Waals surface area (Å²) in [5.74, 6) is 3.13. The van der Waals surface area contributed by atoms with Crippen LogP contribution in [-0.4, -0.2) is 26.3 Å². The maximum absolute atomic E-state index is 13.8. The Hall–Kier alpha value is -2.90. The summed E-state index contributed by atoms with van der Waals surface area (Å²) in [5, 5.41) is 16.8. The number of aromatic nitrogens is 3. The molecule has 2 heterocycles. The number of halogens is 1. The molecule has 4 saturated carbocycles. The average Bonchev–Trinajstić information content (AvgIpc) is 3.33. The van der Waals surface area contributed by atoms with Crippen LogP contribution in [0.1, 0.15) is 61.8 Å². The lowest BCUT2D eigenvalue weighted by atomic mass is 9.49. The molecule has 7 rings (SSSR count). The van der Waals surface area contributed by atoms with E-state index in [-0.39, 0.29) is 23.5 Å². The Balaban J connectivity index is 1.24. The fraction of sp³-hybridized carbons (Fsp3) is 0.542. The molecule has 3 aromatic rings. The van der Waals surface area contributed by atoms with Gasteiger partial charge in [0, 0.05) is 29.9 Å². The molecule has 0 aliphatic heterocycles. The maximum Gasteiger partial charge on any atom is 0.405 e. The maximum atomic E-state index is 13.8. The Morgan fingerprint density at radius 3 is 2.66 bits per heavy atom. The number of nitrogens with zero attached hydrogens (tertiary/aromatic N) is 2. The lowest BCUT2D eigenvalue weighted by Gasteiger charge is -2.56. The highest BCUT2D eigenvalue weighted by Crippen LogP contribution is 2.60. The molecule has 7 nitrogen and oxygen atoms in total. The van der Waals surface area contributed by atoms with Crippen LogP contribution in [0.5, 0.6) is 0 Å². The Bertz CT molecular complexity index is 1130. The number of carboxylic acid groups (broad SMARTS) is 1.